The molecule has 17 heavy (non-hydrogen) atoms. The Kier molecular flexibility index (Phi) is 5.00. The van der Waals surface area contributed by atoms with E-state index in [1.807, 2.05) is 13.8 Å². The number of halogens is 1. The molecular formula is C12H20ClN3O. The van der Waals surface area contributed by atoms with Crippen LogP contribution in [-0.2, 0) is 0 Å². The van der Waals surface area contributed by atoms with Gasteiger partial charge in [-0.05, 0) is 19.8 Å². The molecule has 1 N–H and O–H groups in total. The zero-order valence-electron chi connectivity index (χ0n) is 10.8. The van der Waals surface area contributed by atoms with Crippen LogP contribution in [-0.4, -0.2) is 16.3 Å². The van der Waals surface area contributed by atoms with Gasteiger partial charge in [-0.15, -0.1) is 0 Å². The molecule has 0 saturated heterocycles. The minimum absolute atomic E-state index is 0.0172. The fourth-order valence-electron chi connectivity index (χ4n) is 1.36. The summed E-state index contributed by atoms with van der Waals surface area (Å²) in [4.78, 5) is 11.9. The lowest BCUT2D eigenvalue weighted by atomic mass is 10.1. The normalized spacial score (nSPS) is 12.8. The van der Waals surface area contributed by atoms with Gasteiger partial charge in [-0.25, -0.2) is 4.68 Å². The highest BCUT2D eigenvalue weighted by atomic mass is 35.5. The van der Waals surface area contributed by atoms with Gasteiger partial charge in [0.2, 0.25) is 0 Å². The van der Waals surface area contributed by atoms with Gasteiger partial charge < -0.3 is 5.32 Å². The Morgan fingerprint density at radius 2 is 2.12 bits per heavy atom. The molecule has 96 valence electrons. The quantitative estimate of drug-likeness (QED) is 0.882. The Balaban J connectivity index is 2.90. The summed E-state index contributed by atoms with van der Waals surface area (Å²) in [5, 5.41) is 7.48. The van der Waals surface area contributed by atoms with E-state index in [0.717, 1.165) is 13.0 Å². The molecule has 0 radical (unpaired) electrons. The summed E-state index contributed by atoms with van der Waals surface area (Å²) in [6.07, 6.45) is 2.70. The summed E-state index contributed by atoms with van der Waals surface area (Å²) in [6.45, 7) is 8.86. The molecule has 1 aromatic heterocycles. The minimum atomic E-state index is -0.240. The summed E-state index contributed by atoms with van der Waals surface area (Å²) in [5.41, 5.74) is 0.379. The van der Waals surface area contributed by atoms with Gasteiger partial charge in [0.05, 0.1) is 17.9 Å². The maximum absolute atomic E-state index is 11.9. The molecule has 0 amide bonds. The third kappa shape index (κ3) is 3.46. The van der Waals surface area contributed by atoms with Crippen molar-refractivity contribution in [2.24, 2.45) is 5.92 Å². The van der Waals surface area contributed by atoms with Crippen LogP contribution in [0.4, 0.5) is 5.69 Å². The lowest BCUT2D eigenvalue weighted by Crippen LogP contribution is -2.26. The standard InChI is InChI=1S/C12H20ClN3O/c1-5-9(4)6-14-10-7-15-16(8(2)3)12(17)11(10)13/h7-9,14H,5-6H2,1-4H3. The van der Waals surface area contributed by atoms with Crippen LogP contribution in [0.2, 0.25) is 5.02 Å². The number of nitrogens with one attached hydrogen (secondary N) is 1. The van der Waals surface area contributed by atoms with E-state index in [1.54, 1.807) is 6.20 Å². The lowest BCUT2D eigenvalue weighted by Gasteiger charge is -2.14. The smallest absolute Gasteiger partial charge is 0.287 e. The molecule has 0 saturated carbocycles. The predicted molar refractivity (Wildman–Crippen MR) is 71.8 cm³/mol. The number of nitrogens with zero attached hydrogens (tertiary/aromatic N) is 2. The maximum atomic E-state index is 11.9. The number of anilines is 1. The Labute approximate surface area is 107 Å². The third-order valence-electron chi connectivity index (χ3n) is 2.77. The first kappa shape index (κ1) is 14.0. The molecule has 0 aliphatic heterocycles. The van der Waals surface area contributed by atoms with Crippen molar-refractivity contribution in [2.45, 2.75) is 40.2 Å². The van der Waals surface area contributed by atoms with Gasteiger partial charge >= 0.3 is 0 Å². The van der Waals surface area contributed by atoms with E-state index >= 15 is 0 Å². The summed E-state index contributed by atoms with van der Waals surface area (Å²) >= 11 is 6.03. The van der Waals surface area contributed by atoms with Gasteiger partial charge in [-0.1, -0.05) is 31.9 Å². The van der Waals surface area contributed by atoms with E-state index < -0.39 is 0 Å². The number of hydrogen-bond donors (Lipinski definition) is 1. The van der Waals surface area contributed by atoms with Crippen LogP contribution in [0.1, 0.15) is 40.2 Å². The SMILES string of the molecule is CCC(C)CNc1cnn(C(C)C)c(=O)c1Cl. The van der Waals surface area contributed by atoms with Crippen molar-refractivity contribution in [1.29, 1.82) is 0 Å². The van der Waals surface area contributed by atoms with Crippen LogP contribution in [0.5, 0.6) is 0 Å². The first-order valence-corrected chi connectivity index (χ1v) is 6.36. The van der Waals surface area contributed by atoms with Crippen molar-refractivity contribution in [1.82, 2.24) is 9.78 Å². The van der Waals surface area contributed by atoms with E-state index in [4.69, 9.17) is 11.6 Å². The monoisotopic (exact) mass is 257 g/mol. The molecule has 0 bridgehead atoms. The van der Waals surface area contributed by atoms with Crippen LogP contribution in [0.3, 0.4) is 0 Å². The number of aromatic nitrogens is 2. The van der Waals surface area contributed by atoms with Crippen molar-refractivity contribution in [3.8, 4) is 0 Å². The Morgan fingerprint density at radius 3 is 2.65 bits per heavy atom. The number of hydrogen-bond acceptors (Lipinski definition) is 3. The van der Waals surface area contributed by atoms with Crippen molar-refractivity contribution in [3.63, 3.8) is 0 Å². The first-order chi connectivity index (χ1) is 7.97. The second-order valence-corrected chi connectivity index (χ2v) is 4.99. The average Bonchev–Trinajstić information content (AvgIpc) is 2.30. The van der Waals surface area contributed by atoms with E-state index in [-0.39, 0.29) is 16.6 Å². The number of rotatable bonds is 5. The van der Waals surface area contributed by atoms with Gasteiger partial charge in [0.25, 0.3) is 5.56 Å². The highest BCUT2D eigenvalue weighted by molar-refractivity contribution is 6.32. The summed E-state index contributed by atoms with van der Waals surface area (Å²) < 4.78 is 1.39. The molecule has 4 nitrogen and oxygen atoms in total. The largest absolute Gasteiger partial charge is 0.382 e. The Hall–Kier alpha value is -1.03. The van der Waals surface area contributed by atoms with Gasteiger partial charge in [-0.2, -0.15) is 5.10 Å². The average molecular weight is 258 g/mol. The highest BCUT2D eigenvalue weighted by Crippen LogP contribution is 2.17. The fraction of sp³-hybridized carbons (Fsp3) is 0.667. The predicted octanol–water partition coefficient (Wildman–Crippen LogP) is 2.94. The minimum Gasteiger partial charge on any atom is -0.382 e. The highest BCUT2D eigenvalue weighted by Gasteiger charge is 2.11. The molecule has 1 heterocycles. The van der Waals surface area contributed by atoms with E-state index in [0.29, 0.717) is 11.6 Å². The van der Waals surface area contributed by atoms with Crippen molar-refractivity contribution < 1.29 is 0 Å². The van der Waals surface area contributed by atoms with Gasteiger partial charge in [0, 0.05) is 6.54 Å². The van der Waals surface area contributed by atoms with Gasteiger partial charge in [0.1, 0.15) is 5.02 Å². The van der Waals surface area contributed by atoms with E-state index in [9.17, 15) is 4.79 Å². The van der Waals surface area contributed by atoms with E-state index in [1.165, 1.54) is 4.68 Å². The molecule has 1 rings (SSSR count). The zero-order valence-corrected chi connectivity index (χ0v) is 11.6. The van der Waals surface area contributed by atoms with Crippen LogP contribution < -0.4 is 10.9 Å². The zero-order chi connectivity index (χ0) is 13.0. The lowest BCUT2D eigenvalue weighted by molar-refractivity contribution is 0.503. The molecule has 0 spiro atoms. The molecule has 5 heteroatoms. The van der Waals surface area contributed by atoms with Gasteiger partial charge in [0.15, 0.2) is 0 Å². The van der Waals surface area contributed by atoms with Crippen LogP contribution in [0.25, 0.3) is 0 Å². The molecular weight excluding hydrogens is 238 g/mol. The fourth-order valence-corrected chi connectivity index (χ4v) is 1.57. The molecule has 0 fully saturated rings. The molecule has 0 aromatic carbocycles. The first-order valence-electron chi connectivity index (χ1n) is 5.98. The van der Waals surface area contributed by atoms with Crippen molar-refractivity contribution >= 4 is 17.3 Å². The van der Waals surface area contributed by atoms with Crippen molar-refractivity contribution in [2.75, 3.05) is 11.9 Å². The Bertz CT molecular complexity index is 428. The summed E-state index contributed by atoms with van der Waals surface area (Å²) in [5.74, 6) is 0.540. The topological polar surface area (TPSA) is 46.9 Å². The second-order valence-electron chi connectivity index (χ2n) is 4.61. The molecule has 0 aliphatic rings. The van der Waals surface area contributed by atoms with Gasteiger partial charge in [-0.3, -0.25) is 4.79 Å². The van der Waals surface area contributed by atoms with Crippen molar-refractivity contribution in [3.05, 3.63) is 21.6 Å². The molecule has 1 atom stereocenters. The molecule has 0 aliphatic carbocycles. The summed E-state index contributed by atoms with van der Waals surface area (Å²) in [7, 11) is 0. The maximum Gasteiger partial charge on any atom is 0.287 e. The molecule has 1 aromatic rings. The summed E-state index contributed by atoms with van der Waals surface area (Å²) in [6, 6.07) is 0.0172. The van der Waals surface area contributed by atoms with E-state index in [2.05, 4.69) is 24.3 Å². The Morgan fingerprint density at radius 1 is 1.47 bits per heavy atom. The van der Waals surface area contributed by atoms with Crippen LogP contribution in [0, 0.1) is 5.92 Å². The third-order valence-corrected chi connectivity index (χ3v) is 3.14. The van der Waals surface area contributed by atoms with Crippen LogP contribution in [0.15, 0.2) is 11.0 Å². The second kappa shape index (κ2) is 6.05. The van der Waals surface area contributed by atoms with Crippen LogP contribution >= 0.6 is 11.6 Å². The molecule has 1 unspecified atom stereocenters.